The van der Waals surface area contributed by atoms with E-state index in [1.165, 1.54) is 24.1 Å². The summed E-state index contributed by atoms with van der Waals surface area (Å²) in [6.07, 6.45) is 0. The Kier molecular flexibility index (Phi) is 9.75. The molecular weight excluding hydrogens is 514 g/mol. The summed E-state index contributed by atoms with van der Waals surface area (Å²) >= 11 is 0. The summed E-state index contributed by atoms with van der Waals surface area (Å²) in [5, 5.41) is 2.85. The molecular formula is C30H37N3O5S. The summed E-state index contributed by atoms with van der Waals surface area (Å²) in [6.45, 7) is 8.82. The molecule has 1 unspecified atom stereocenters. The van der Waals surface area contributed by atoms with Gasteiger partial charge in [0.05, 0.1) is 17.7 Å². The first kappa shape index (κ1) is 29.7. The Balaban J connectivity index is 2.03. The van der Waals surface area contributed by atoms with Gasteiger partial charge in [-0.3, -0.25) is 13.9 Å². The fourth-order valence-corrected chi connectivity index (χ4v) is 5.41. The van der Waals surface area contributed by atoms with Crippen LogP contribution in [0.15, 0.2) is 77.7 Å². The number of nitrogens with zero attached hydrogens (tertiary/aromatic N) is 2. The average molecular weight is 552 g/mol. The highest BCUT2D eigenvalue weighted by Gasteiger charge is 2.32. The monoisotopic (exact) mass is 551 g/mol. The lowest BCUT2D eigenvalue weighted by Crippen LogP contribution is -2.52. The second-order valence-electron chi connectivity index (χ2n) is 9.87. The minimum Gasteiger partial charge on any atom is -0.497 e. The van der Waals surface area contributed by atoms with E-state index in [1.807, 2.05) is 52.0 Å². The molecule has 0 bridgehead atoms. The van der Waals surface area contributed by atoms with Crippen LogP contribution in [0.4, 0.5) is 5.69 Å². The third kappa shape index (κ3) is 7.60. The third-order valence-electron chi connectivity index (χ3n) is 6.32. The van der Waals surface area contributed by atoms with Crippen LogP contribution in [0, 0.1) is 13.8 Å². The largest absolute Gasteiger partial charge is 0.497 e. The van der Waals surface area contributed by atoms with Crippen molar-refractivity contribution in [2.24, 2.45) is 0 Å². The van der Waals surface area contributed by atoms with Crippen LogP contribution in [0.1, 0.15) is 37.5 Å². The van der Waals surface area contributed by atoms with Gasteiger partial charge in [0.1, 0.15) is 18.3 Å². The quantitative estimate of drug-likeness (QED) is 0.380. The van der Waals surface area contributed by atoms with E-state index < -0.39 is 28.5 Å². The molecule has 3 aromatic carbocycles. The van der Waals surface area contributed by atoms with Crippen LogP contribution in [0.25, 0.3) is 0 Å². The molecule has 0 saturated heterocycles. The zero-order valence-corrected chi connectivity index (χ0v) is 24.2. The van der Waals surface area contributed by atoms with Gasteiger partial charge in [-0.15, -0.1) is 0 Å². The van der Waals surface area contributed by atoms with Crippen molar-refractivity contribution in [1.29, 1.82) is 0 Å². The number of carbonyl (C=O) groups is 2. The van der Waals surface area contributed by atoms with Gasteiger partial charge in [0.15, 0.2) is 0 Å². The molecule has 0 saturated carbocycles. The predicted molar refractivity (Wildman–Crippen MR) is 153 cm³/mol. The van der Waals surface area contributed by atoms with Crippen molar-refractivity contribution in [2.45, 2.75) is 58.1 Å². The number of nitrogens with one attached hydrogen (secondary N) is 1. The highest BCUT2D eigenvalue weighted by Crippen LogP contribution is 2.27. The number of anilines is 1. The predicted octanol–water partition coefficient (Wildman–Crippen LogP) is 4.45. The van der Waals surface area contributed by atoms with Crippen LogP contribution in [0.5, 0.6) is 5.75 Å². The minimum atomic E-state index is -4.12. The number of amides is 2. The summed E-state index contributed by atoms with van der Waals surface area (Å²) in [7, 11) is -2.60. The number of hydrogen-bond donors (Lipinski definition) is 1. The maximum atomic E-state index is 13.9. The molecule has 0 heterocycles. The molecule has 0 aliphatic rings. The second kappa shape index (κ2) is 12.8. The number of sulfonamides is 1. The number of methoxy groups -OCH3 is 1. The van der Waals surface area contributed by atoms with Crippen LogP contribution in [0.3, 0.4) is 0 Å². The molecule has 0 spiro atoms. The van der Waals surface area contributed by atoms with Gasteiger partial charge in [-0.2, -0.15) is 0 Å². The summed E-state index contributed by atoms with van der Waals surface area (Å²) in [5.74, 6) is -0.269. The Morgan fingerprint density at radius 3 is 1.90 bits per heavy atom. The van der Waals surface area contributed by atoms with Crippen molar-refractivity contribution in [1.82, 2.24) is 10.2 Å². The molecule has 1 N–H and O–H groups in total. The summed E-state index contributed by atoms with van der Waals surface area (Å²) in [5.41, 5.74) is 3.11. The van der Waals surface area contributed by atoms with Crippen LogP contribution < -0.4 is 14.4 Å². The van der Waals surface area contributed by atoms with Crippen LogP contribution >= 0.6 is 0 Å². The van der Waals surface area contributed by atoms with Crippen LogP contribution in [-0.2, 0) is 26.2 Å². The van der Waals surface area contributed by atoms with E-state index in [0.29, 0.717) is 11.4 Å². The van der Waals surface area contributed by atoms with Gasteiger partial charge in [-0.1, -0.05) is 47.5 Å². The number of rotatable bonds is 11. The van der Waals surface area contributed by atoms with Gasteiger partial charge in [0.2, 0.25) is 11.8 Å². The maximum Gasteiger partial charge on any atom is 0.264 e. The highest BCUT2D eigenvalue weighted by atomic mass is 32.2. The Hall–Kier alpha value is -3.85. The van der Waals surface area contributed by atoms with E-state index in [4.69, 9.17) is 4.74 Å². The first-order valence-corrected chi connectivity index (χ1v) is 14.2. The van der Waals surface area contributed by atoms with Crippen molar-refractivity contribution in [3.63, 3.8) is 0 Å². The lowest BCUT2D eigenvalue weighted by molar-refractivity contribution is -0.139. The molecule has 0 radical (unpaired) electrons. The maximum absolute atomic E-state index is 13.9. The van der Waals surface area contributed by atoms with Crippen molar-refractivity contribution in [3.05, 3.63) is 89.5 Å². The molecule has 39 heavy (non-hydrogen) atoms. The standard InChI is InChI=1S/C30H37N3O5S/c1-21(2)31-30(35)24(5)32(19-25-11-7-22(3)8-12-25)29(34)20-33(26-13-15-27(38-6)16-14-26)39(36,37)28-17-9-23(4)10-18-28/h7-18,21,24H,19-20H2,1-6H3,(H,31,35). The van der Waals surface area contributed by atoms with Crippen molar-refractivity contribution < 1.29 is 22.7 Å². The lowest BCUT2D eigenvalue weighted by Gasteiger charge is -2.32. The first-order chi connectivity index (χ1) is 18.4. The third-order valence-corrected chi connectivity index (χ3v) is 8.11. The average Bonchev–Trinajstić information content (AvgIpc) is 2.90. The van der Waals surface area contributed by atoms with Gasteiger partial charge in [-0.05, 0) is 76.6 Å². The van der Waals surface area contributed by atoms with Gasteiger partial charge in [0.25, 0.3) is 10.0 Å². The number of carbonyl (C=O) groups excluding carboxylic acids is 2. The summed E-state index contributed by atoms with van der Waals surface area (Å²) in [6, 6.07) is 19.6. The highest BCUT2D eigenvalue weighted by molar-refractivity contribution is 7.92. The molecule has 3 rings (SSSR count). The number of aryl methyl sites for hydroxylation is 2. The Morgan fingerprint density at radius 2 is 1.38 bits per heavy atom. The Morgan fingerprint density at radius 1 is 0.846 bits per heavy atom. The number of ether oxygens (including phenoxy) is 1. The zero-order chi connectivity index (χ0) is 28.7. The van der Waals surface area contributed by atoms with E-state index >= 15 is 0 Å². The van der Waals surface area contributed by atoms with Gasteiger partial charge < -0.3 is 15.0 Å². The molecule has 0 fully saturated rings. The van der Waals surface area contributed by atoms with E-state index in [9.17, 15) is 18.0 Å². The van der Waals surface area contributed by atoms with Crippen molar-refractivity contribution in [2.75, 3.05) is 18.0 Å². The minimum absolute atomic E-state index is 0.0624. The van der Waals surface area contributed by atoms with Crippen LogP contribution in [-0.4, -0.2) is 50.9 Å². The molecule has 3 aromatic rings. The lowest BCUT2D eigenvalue weighted by atomic mass is 10.1. The fraction of sp³-hybridized carbons (Fsp3) is 0.333. The molecule has 0 aliphatic heterocycles. The van der Waals surface area contributed by atoms with Gasteiger partial charge >= 0.3 is 0 Å². The zero-order valence-electron chi connectivity index (χ0n) is 23.3. The molecule has 208 valence electrons. The molecule has 1 atom stereocenters. The normalized spacial score (nSPS) is 12.1. The molecule has 0 aromatic heterocycles. The summed E-state index contributed by atoms with van der Waals surface area (Å²) in [4.78, 5) is 28.4. The van der Waals surface area contributed by atoms with Crippen molar-refractivity contribution >= 4 is 27.5 Å². The van der Waals surface area contributed by atoms with Gasteiger partial charge in [0, 0.05) is 12.6 Å². The van der Waals surface area contributed by atoms with Crippen LogP contribution in [0.2, 0.25) is 0 Å². The van der Waals surface area contributed by atoms with E-state index in [-0.39, 0.29) is 23.4 Å². The second-order valence-corrected chi connectivity index (χ2v) is 11.7. The van der Waals surface area contributed by atoms with E-state index in [0.717, 1.165) is 21.0 Å². The molecule has 9 heteroatoms. The molecule has 2 amide bonds. The molecule has 8 nitrogen and oxygen atoms in total. The van der Waals surface area contributed by atoms with E-state index in [2.05, 4.69) is 5.32 Å². The SMILES string of the molecule is COc1ccc(N(CC(=O)N(Cc2ccc(C)cc2)C(C)C(=O)NC(C)C)S(=O)(=O)c2ccc(C)cc2)cc1. The van der Waals surface area contributed by atoms with E-state index in [1.54, 1.807) is 43.3 Å². The first-order valence-electron chi connectivity index (χ1n) is 12.8. The topological polar surface area (TPSA) is 96.0 Å². The van der Waals surface area contributed by atoms with Gasteiger partial charge in [-0.25, -0.2) is 8.42 Å². The number of benzene rings is 3. The Bertz CT molecular complexity index is 1370. The van der Waals surface area contributed by atoms with Crippen molar-refractivity contribution in [3.8, 4) is 5.75 Å². The molecule has 0 aliphatic carbocycles. The Labute approximate surface area is 231 Å². The smallest absolute Gasteiger partial charge is 0.264 e. The number of hydrogen-bond acceptors (Lipinski definition) is 5. The summed E-state index contributed by atoms with van der Waals surface area (Å²) < 4.78 is 34.0. The fourth-order valence-electron chi connectivity index (χ4n) is 3.99.